The van der Waals surface area contributed by atoms with Gasteiger partial charge in [0.2, 0.25) is 0 Å². The van der Waals surface area contributed by atoms with Crippen molar-refractivity contribution in [2.24, 2.45) is 11.7 Å². The molecule has 0 aromatic heterocycles. The number of nitrogens with one attached hydrogen (secondary N) is 5. The summed E-state index contributed by atoms with van der Waals surface area (Å²) < 4.78 is 6.37. The van der Waals surface area contributed by atoms with Gasteiger partial charge in [0.1, 0.15) is 24.5 Å². The average Bonchev–Trinajstić information content (AvgIpc) is 3.63. The third-order valence-electron chi connectivity index (χ3n) is 10.2. The Morgan fingerprint density at radius 2 is 1.88 bits per heavy atom. The first-order valence-electron chi connectivity index (χ1n) is 15.6. The van der Waals surface area contributed by atoms with Crippen LogP contribution < -0.4 is 32.3 Å². The van der Waals surface area contributed by atoms with E-state index in [1.165, 1.54) is 0 Å². The number of rotatable bonds is 9. The molecule has 1 saturated carbocycles. The van der Waals surface area contributed by atoms with Gasteiger partial charge in [0.25, 0.3) is 0 Å². The van der Waals surface area contributed by atoms with E-state index in [1.807, 2.05) is 24.8 Å². The summed E-state index contributed by atoms with van der Waals surface area (Å²) >= 11 is 0. The molecule has 4 unspecified atom stereocenters. The van der Waals surface area contributed by atoms with Crippen molar-refractivity contribution in [1.29, 1.82) is 5.26 Å². The molecule has 1 aromatic rings. The summed E-state index contributed by atoms with van der Waals surface area (Å²) in [6.45, 7) is 10.0. The Morgan fingerprint density at radius 3 is 2.62 bits per heavy atom. The van der Waals surface area contributed by atoms with Crippen LogP contribution in [-0.4, -0.2) is 101 Å². The van der Waals surface area contributed by atoms with Crippen LogP contribution in [0.25, 0.3) is 0 Å². The van der Waals surface area contributed by atoms with E-state index in [0.717, 1.165) is 42.6 Å². The lowest BCUT2D eigenvalue weighted by molar-refractivity contribution is -0.112. The van der Waals surface area contributed by atoms with Crippen LogP contribution in [0, 0.1) is 17.2 Å². The van der Waals surface area contributed by atoms with Crippen molar-refractivity contribution in [2.75, 3.05) is 30.5 Å². The predicted octanol–water partition coefficient (Wildman–Crippen LogP) is 0.360. The second kappa shape index (κ2) is 11.8. The highest BCUT2D eigenvalue weighted by molar-refractivity contribution is 5.75. The van der Waals surface area contributed by atoms with Crippen molar-refractivity contribution < 1.29 is 14.9 Å². The van der Waals surface area contributed by atoms with Gasteiger partial charge in [-0.2, -0.15) is 5.26 Å². The molecule has 4 fully saturated rings. The minimum Gasteiger partial charge on any atom is -0.387 e. The van der Waals surface area contributed by atoms with Crippen molar-refractivity contribution >= 4 is 11.4 Å². The van der Waals surface area contributed by atoms with Crippen LogP contribution in [0.15, 0.2) is 18.2 Å². The lowest BCUT2D eigenvalue weighted by atomic mass is 9.76. The zero-order valence-corrected chi connectivity index (χ0v) is 25.3. The Kier molecular flexibility index (Phi) is 8.43. The first-order chi connectivity index (χ1) is 20.1. The van der Waals surface area contributed by atoms with Crippen molar-refractivity contribution in [2.45, 2.75) is 120 Å². The van der Waals surface area contributed by atoms with Crippen molar-refractivity contribution in [3.05, 3.63) is 23.8 Å². The zero-order chi connectivity index (χ0) is 29.8. The highest BCUT2D eigenvalue weighted by Crippen LogP contribution is 2.40. The van der Waals surface area contributed by atoms with E-state index < -0.39 is 30.0 Å². The molecule has 0 radical (unpaired) electrons. The fourth-order valence-electron chi connectivity index (χ4n) is 7.40. The lowest BCUT2D eigenvalue weighted by Crippen LogP contribution is -2.68. The predicted molar refractivity (Wildman–Crippen MR) is 161 cm³/mol. The van der Waals surface area contributed by atoms with Gasteiger partial charge in [0.05, 0.1) is 54.1 Å². The molecule has 5 aliphatic rings. The summed E-state index contributed by atoms with van der Waals surface area (Å²) in [6.07, 6.45) is 1.39. The molecular formula is C30H49N9O3. The molecule has 12 nitrogen and oxygen atoms in total. The van der Waals surface area contributed by atoms with Crippen LogP contribution in [0.4, 0.5) is 11.4 Å². The summed E-state index contributed by atoms with van der Waals surface area (Å²) in [5, 5.41) is 48.7. The normalized spacial score (nSPS) is 38.1. The number of nitrogens with zero attached hydrogens (tertiary/aromatic N) is 3. The Hall–Kier alpha value is -2.05. The SMILES string of the molecule is CC(C)N(C[C@H]1O[C@@H](N2CNC3C(N)NCNC32)[C@H](O)[C@@H]1O)[C@H]1C[C@H](CCC2Nc3ccc(C(C)(C)C#N)cc3N2)C1. The van der Waals surface area contributed by atoms with E-state index in [2.05, 4.69) is 63.5 Å². The molecule has 0 spiro atoms. The number of aliphatic hydroxyl groups excluding tert-OH is 2. The topological polar surface area (TPSA) is 166 Å². The summed E-state index contributed by atoms with van der Waals surface area (Å²) in [5.41, 5.74) is 8.91. The second-order valence-electron chi connectivity index (χ2n) is 13.7. The number of nitrogens with two attached hydrogens (primary N) is 1. The number of benzene rings is 1. The number of nitriles is 1. The van der Waals surface area contributed by atoms with Gasteiger partial charge in [-0.25, -0.2) is 4.90 Å². The monoisotopic (exact) mass is 583 g/mol. The van der Waals surface area contributed by atoms with E-state index in [0.29, 0.717) is 37.9 Å². The minimum atomic E-state index is -0.982. The molecule has 1 aliphatic carbocycles. The lowest BCUT2D eigenvalue weighted by Gasteiger charge is -2.46. The van der Waals surface area contributed by atoms with Gasteiger partial charge in [0.15, 0.2) is 0 Å². The van der Waals surface area contributed by atoms with E-state index >= 15 is 0 Å². The van der Waals surface area contributed by atoms with Crippen LogP contribution in [-0.2, 0) is 10.2 Å². The smallest absolute Gasteiger partial charge is 0.142 e. The third kappa shape index (κ3) is 5.63. The molecule has 4 heterocycles. The molecule has 1 aromatic carbocycles. The molecule has 0 bridgehead atoms. The molecule has 6 rings (SSSR count). The van der Waals surface area contributed by atoms with Crippen LogP contribution in [0.3, 0.4) is 0 Å². The summed E-state index contributed by atoms with van der Waals surface area (Å²) in [4.78, 5) is 4.50. The average molecular weight is 584 g/mol. The second-order valence-corrected chi connectivity index (χ2v) is 13.7. The third-order valence-corrected chi connectivity index (χ3v) is 10.2. The Labute approximate surface area is 249 Å². The molecule has 12 heteroatoms. The fourth-order valence-corrected chi connectivity index (χ4v) is 7.40. The number of anilines is 2. The Morgan fingerprint density at radius 1 is 1.12 bits per heavy atom. The molecule has 42 heavy (non-hydrogen) atoms. The van der Waals surface area contributed by atoms with Crippen LogP contribution >= 0.6 is 0 Å². The van der Waals surface area contributed by atoms with Crippen molar-refractivity contribution in [3.8, 4) is 6.07 Å². The molecule has 4 aliphatic heterocycles. The van der Waals surface area contributed by atoms with E-state index in [9.17, 15) is 15.5 Å². The number of ether oxygens (including phenoxy) is 1. The Bertz CT molecular complexity index is 1160. The van der Waals surface area contributed by atoms with Crippen LogP contribution in [0.5, 0.6) is 0 Å². The maximum Gasteiger partial charge on any atom is 0.142 e. The highest BCUT2D eigenvalue weighted by atomic mass is 16.6. The van der Waals surface area contributed by atoms with Gasteiger partial charge >= 0.3 is 0 Å². The van der Waals surface area contributed by atoms with Crippen LogP contribution in [0.2, 0.25) is 0 Å². The molecular weight excluding hydrogens is 534 g/mol. The van der Waals surface area contributed by atoms with Crippen LogP contribution in [0.1, 0.15) is 58.9 Å². The van der Waals surface area contributed by atoms with Gasteiger partial charge < -0.3 is 31.3 Å². The number of aliphatic hydroxyl groups is 2. The van der Waals surface area contributed by atoms with E-state index in [-0.39, 0.29) is 24.5 Å². The first-order valence-corrected chi connectivity index (χ1v) is 15.6. The van der Waals surface area contributed by atoms with Gasteiger partial charge in [-0.1, -0.05) is 6.07 Å². The van der Waals surface area contributed by atoms with E-state index in [4.69, 9.17) is 10.5 Å². The van der Waals surface area contributed by atoms with Gasteiger partial charge in [-0.15, -0.1) is 0 Å². The summed E-state index contributed by atoms with van der Waals surface area (Å²) in [7, 11) is 0. The number of hydrogen-bond acceptors (Lipinski definition) is 12. The quantitative estimate of drug-likeness (QED) is 0.201. The summed E-state index contributed by atoms with van der Waals surface area (Å²) in [5.74, 6) is 0.659. The molecule has 0 amide bonds. The molecule has 9 N–H and O–H groups in total. The largest absolute Gasteiger partial charge is 0.387 e. The highest BCUT2D eigenvalue weighted by Gasteiger charge is 2.52. The van der Waals surface area contributed by atoms with Gasteiger partial charge in [-0.3, -0.25) is 20.9 Å². The van der Waals surface area contributed by atoms with Gasteiger partial charge in [-0.05, 0) is 77.0 Å². The van der Waals surface area contributed by atoms with Crippen molar-refractivity contribution in [3.63, 3.8) is 0 Å². The first kappa shape index (κ1) is 30.0. The number of hydrogen-bond donors (Lipinski definition) is 8. The van der Waals surface area contributed by atoms with E-state index in [1.54, 1.807) is 0 Å². The summed E-state index contributed by atoms with van der Waals surface area (Å²) in [6, 6.07) is 9.37. The van der Waals surface area contributed by atoms with Crippen molar-refractivity contribution in [1.82, 2.24) is 25.8 Å². The maximum absolute atomic E-state index is 11.0. The maximum atomic E-state index is 11.0. The zero-order valence-electron chi connectivity index (χ0n) is 25.3. The Balaban J connectivity index is 0.985. The molecule has 3 saturated heterocycles. The molecule has 232 valence electrons. The number of fused-ring (bicyclic) bond motifs is 2. The van der Waals surface area contributed by atoms with Gasteiger partial charge in [0, 0.05) is 25.3 Å². The minimum absolute atomic E-state index is 0.00166. The molecule has 8 atom stereocenters. The fraction of sp³-hybridized carbons (Fsp3) is 0.767. The standard InChI is InChI=1S/C30H49N9O3/c1-16(2)38(12-22-25(40)26(41)29(42-22)39-15-35-24-27(32)33-14-34-28(24)39)19-9-17(10-19)5-8-23-36-20-7-6-18(11-21(20)37-23)30(3,4)13-31/h6-7,11,16-17,19,22-29,33-37,40-41H,5,8-10,12,14-15,32H2,1-4H3/t17-,19-,22-,23?,24?,25-,26-,27?,28?,29-/m1/s1.